The highest BCUT2D eigenvalue weighted by Gasteiger charge is 2.09. The Bertz CT molecular complexity index is 528. The average Bonchev–Trinajstić information content (AvgIpc) is 2.75. The number of hydrogen-bond donors (Lipinski definition) is 1. The van der Waals surface area contributed by atoms with Gasteiger partial charge >= 0.3 is 0 Å². The molecule has 0 aliphatic carbocycles. The lowest BCUT2D eigenvalue weighted by molar-refractivity contribution is 0.429. The van der Waals surface area contributed by atoms with Crippen LogP contribution in [0, 0.1) is 6.92 Å². The number of nitrogens with one attached hydrogen (secondary N) is 1. The largest absolute Gasteiger partial charge is 0.416 e. The van der Waals surface area contributed by atoms with Gasteiger partial charge in [-0.1, -0.05) is 6.92 Å². The minimum atomic E-state index is 0.496. The summed E-state index contributed by atoms with van der Waals surface area (Å²) in [6.07, 6.45) is 0.787. The first-order valence-corrected chi connectivity index (χ1v) is 6.62. The van der Waals surface area contributed by atoms with Crippen molar-refractivity contribution in [3.8, 4) is 0 Å². The average molecular weight is 265 g/mol. The second kappa shape index (κ2) is 5.81. The lowest BCUT2D eigenvalue weighted by Gasteiger charge is -2.06. The molecule has 0 saturated carbocycles. The Kier molecular flexibility index (Phi) is 4.14. The molecular formula is C11H15N5OS. The van der Waals surface area contributed by atoms with Gasteiger partial charge in [0.15, 0.2) is 0 Å². The summed E-state index contributed by atoms with van der Waals surface area (Å²) in [5, 5.41) is 12.2. The van der Waals surface area contributed by atoms with Crippen LogP contribution in [0.5, 0.6) is 0 Å². The molecule has 18 heavy (non-hydrogen) atoms. The highest BCUT2D eigenvalue weighted by molar-refractivity contribution is 7.99. The first-order chi connectivity index (χ1) is 8.71. The number of rotatable bonds is 5. The first kappa shape index (κ1) is 12.8. The number of nitrogens with zero attached hydrogens (tertiary/aromatic N) is 4. The molecule has 0 bridgehead atoms. The third-order valence-corrected chi connectivity index (χ3v) is 2.88. The molecule has 0 fully saturated rings. The van der Waals surface area contributed by atoms with Gasteiger partial charge in [0.1, 0.15) is 16.7 Å². The van der Waals surface area contributed by atoms with Crippen LogP contribution in [-0.4, -0.2) is 26.7 Å². The van der Waals surface area contributed by atoms with Gasteiger partial charge < -0.3 is 9.73 Å². The van der Waals surface area contributed by atoms with E-state index in [2.05, 4.69) is 25.5 Å². The van der Waals surface area contributed by atoms with Gasteiger partial charge in [0.2, 0.25) is 5.89 Å². The molecule has 7 heteroatoms. The molecule has 2 aromatic rings. The van der Waals surface area contributed by atoms with Gasteiger partial charge in [0.25, 0.3) is 5.22 Å². The Morgan fingerprint density at radius 3 is 2.72 bits per heavy atom. The zero-order chi connectivity index (χ0) is 13.0. The lowest BCUT2D eigenvalue weighted by Crippen LogP contribution is -2.03. The molecule has 0 aliphatic heterocycles. The van der Waals surface area contributed by atoms with Crippen LogP contribution in [-0.2, 0) is 6.42 Å². The van der Waals surface area contributed by atoms with E-state index in [1.807, 2.05) is 19.9 Å². The van der Waals surface area contributed by atoms with Gasteiger partial charge in [-0.25, -0.2) is 9.97 Å². The molecule has 0 atom stereocenters. The smallest absolute Gasteiger partial charge is 0.282 e. The molecule has 0 radical (unpaired) electrons. The predicted molar refractivity (Wildman–Crippen MR) is 68.7 cm³/mol. The standard InChI is InChI=1S/C11H15N5OS/c1-4-8-13-9(12-5-2)6-10(14-8)18-11-16-15-7(3)17-11/h6H,4-5H2,1-3H3,(H,12,13,14). The summed E-state index contributed by atoms with van der Waals surface area (Å²) in [7, 11) is 0. The van der Waals surface area contributed by atoms with Crippen LogP contribution in [0.15, 0.2) is 20.7 Å². The molecule has 6 nitrogen and oxygen atoms in total. The predicted octanol–water partition coefficient (Wildman–Crippen LogP) is 2.31. The van der Waals surface area contributed by atoms with Gasteiger partial charge in [-0.2, -0.15) is 0 Å². The maximum absolute atomic E-state index is 5.32. The Balaban J connectivity index is 2.23. The molecule has 0 saturated heterocycles. The van der Waals surface area contributed by atoms with E-state index >= 15 is 0 Å². The van der Waals surface area contributed by atoms with Crippen molar-refractivity contribution in [1.29, 1.82) is 0 Å². The highest BCUT2D eigenvalue weighted by atomic mass is 32.2. The monoisotopic (exact) mass is 265 g/mol. The van der Waals surface area contributed by atoms with E-state index in [-0.39, 0.29) is 0 Å². The SMILES string of the molecule is CCNc1cc(Sc2nnc(C)o2)nc(CC)n1. The molecule has 0 aliphatic rings. The quantitative estimate of drug-likeness (QED) is 0.831. The molecule has 2 heterocycles. The van der Waals surface area contributed by atoms with Crippen LogP contribution in [0.2, 0.25) is 0 Å². The summed E-state index contributed by atoms with van der Waals surface area (Å²) in [6, 6.07) is 1.88. The van der Waals surface area contributed by atoms with E-state index in [9.17, 15) is 0 Å². The minimum absolute atomic E-state index is 0.496. The molecule has 0 amide bonds. The first-order valence-electron chi connectivity index (χ1n) is 5.81. The van der Waals surface area contributed by atoms with Crippen LogP contribution < -0.4 is 5.32 Å². The van der Waals surface area contributed by atoms with Crippen LogP contribution in [0.3, 0.4) is 0 Å². The van der Waals surface area contributed by atoms with E-state index in [1.54, 1.807) is 6.92 Å². The molecule has 2 aromatic heterocycles. The van der Waals surface area contributed by atoms with Gasteiger partial charge in [0.05, 0.1) is 0 Å². The maximum atomic E-state index is 5.32. The van der Waals surface area contributed by atoms with Crippen molar-refractivity contribution >= 4 is 17.6 Å². The van der Waals surface area contributed by atoms with Crippen molar-refractivity contribution in [2.45, 2.75) is 37.4 Å². The lowest BCUT2D eigenvalue weighted by atomic mass is 10.4. The Morgan fingerprint density at radius 1 is 1.28 bits per heavy atom. The van der Waals surface area contributed by atoms with Crippen LogP contribution in [0.25, 0.3) is 0 Å². The normalized spacial score (nSPS) is 10.6. The molecule has 0 aromatic carbocycles. The van der Waals surface area contributed by atoms with Crippen molar-refractivity contribution in [3.05, 3.63) is 17.8 Å². The van der Waals surface area contributed by atoms with E-state index in [4.69, 9.17) is 4.42 Å². The Hall–Kier alpha value is -1.63. The van der Waals surface area contributed by atoms with E-state index in [0.717, 1.165) is 29.6 Å². The summed E-state index contributed by atoms with van der Waals surface area (Å²) in [4.78, 5) is 8.81. The second-order valence-electron chi connectivity index (χ2n) is 3.58. The summed E-state index contributed by atoms with van der Waals surface area (Å²) in [5.74, 6) is 2.17. The summed E-state index contributed by atoms with van der Waals surface area (Å²) >= 11 is 1.35. The second-order valence-corrected chi connectivity index (χ2v) is 4.55. The number of hydrogen-bond acceptors (Lipinski definition) is 7. The third-order valence-electron chi connectivity index (χ3n) is 2.12. The fraction of sp³-hybridized carbons (Fsp3) is 0.455. The number of aromatic nitrogens is 4. The minimum Gasteiger partial charge on any atom is -0.416 e. The highest BCUT2D eigenvalue weighted by Crippen LogP contribution is 2.26. The topological polar surface area (TPSA) is 76.7 Å². The third kappa shape index (κ3) is 3.19. The van der Waals surface area contributed by atoms with Crippen molar-refractivity contribution in [2.24, 2.45) is 0 Å². The van der Waals surface area contributed by atoms with Crippen LogP contribution >= 0.6 is 11.8 Å². The maximum Gasteiger partial charge on any atom is 0.282 e. The summed E-state index contributed by atoms with van der Waals surface area (Å²) in [6.45, 7) is 6.64. The molecule has 1 N–H and O–H groups in total. The Labute approximate surface area is 110 Å². The van der Waals surface area contributed by atoms with Gasteiger partial charge in [-0.3, -0.25) is 0 Å². The molecule has 96 valence electrons. The van der Waals surface area contributed by atoms with E-state index < -0.39 is 0 Å². The van der Waals surface area contributed by atoms with Gasteiger partial charge in [-0.15, -0.1) is 10.2 Å². The summed E-state index contributed by atoms with van der Waals surface area (Å²) < 4.78 is 5.32. The summed E-state index contributed by atoms with van der Waals surface area (Å²) in [5.41, 5.74) is 0. The van der Waals surface area contributed by atoms with Crippen molar-refractivity contribution in [2.75, 3.05) is 11.9 Å². The molecule has 0 spiro atoms. The van der Waals surface area contributed by atoms with Crippen LogP contribution in [0.4, 0.5) is 5.82 Å². The number of anilines is 1. The fourth-order valence-electron chi connectivity index (χ4n) is 1.36. The number of aryl methyl sites for hydroxylation is 2. The van der Waals surface area contributed by atoms with Gasteiger partial charge in [0, 0.05) is 26.0 Å². The molecular weight excluding hydrogens is 250 g/mol. The van der Waals surface area contributed by atoms with E-state index in [1.165, 1.54) is 11.8 Å². The molecule has 2 rings (SSSR count). The molecule has 0 unspecified atom stereocenters. The zero-order valence-corrected chi connectivity index (χ0v) is 11.4. The fourth-order valence-corrected chi connectivity index (χ4v) is 2.11. The van der Waals surface area contributed by atoms with Crippen LogP contribution in [0.1, 0.15) is 25.6 Å². The zero-order valence-electron chi connectivity index (χ0n) is 10.6. The van der Waals surface area contributed by atoms with E-state index in [0.29, 0.717) is 11.1 Å². The van der Waals surface area contributed by atoms with Crippen molar-refractivity contribution in [3.63, 3.8) is 0 Å². The van der Waals surface area contributed by atoms with Gasteiger partial charge in [-0.05, 0) is 18.7 Å². The Morgan fingerprint density at radius 2 is 2.11 bits per heavy atom. The van der Waals surface area contributed by atoms with Crippen molar-refractivity contribution < 1.29 is 4.42 Å². The van der Waals surface area contributed by atoms with Crippen molar-refractivity contribution in [1.82, 2.24) is 20.2 Å².